The van der Waals surface area contributed by atoms with Gasteiger partial charge in [-0.3, -0.25) is 4.99 Å². The Kier molecular flexibility index (Phi) is 8.76. The van der Waals surface area contributed by atoms with Crippen LogP contribution in [0.5, 0.6) is 0 Å². The molecule has 1 heterocycles. The van der Waals surface area contributed by atoms with Crippen molar-refractivity contribution in [3.05, 3.63) is 35.9 Å². The van der Waals surface area contributed by atoms with Gasteiger partial charge in [0.1, 0.15) is 5.60 Å². The van der Waals surface area contributed by atoms with Gasteiger partial charge in [0, 0.05) is 32.7 Å². The molecule has 0 bridgehead atoms. The highest BCUT2D eigenvalue weighted by molar-refractivity contribution is 5.79. The summed E-state index contributed by atoms with van der Waals surface area (Å²) in [6.07, 6.45) is 0.638. The maximum absolute atomic E-state index is 12.4. The van der Waals surface area contributed by atoms with Crippen molar-refractivity contribution in [2.24, 2.45) is 10.9 Å². The van der Waals surface area contributed by atoms with E-state index in [2.05, 4.69) is 22.5 Å². The number of guanidine groups is 1. The van der Waals surface area contributed by atoms with Gasteiger partial charge >= 0.3 is 6.09 Å². The van der Waals surface area contributed by atoms with Gasteiger partial charge in [0.2, 0.25) is 0 Å². The van der Waals surface area contributed by atoms with Crippen LogP contribution in [0, 0.1) is 5.92 Å². The van der Waals surface area contributed by atoms with Crippen LogP contribution in [0.15, 0.2) is 35.3 Å². The maximum Gasteiger partial charge on any atom is 0.408 e. The molecule has 0 aliphatic carbocycles. The van der Waals surface area contributed by atoms with Crippen LogP contribution in [0.1, 0.15) is 45.7 Å². The predicted molar refractivity (Wildman–Crippen MR) is 116 cm³/mol. The first-order valence-corrected chi connectivity index (χ1v) is 10.4. The fraction of sp³-hybridized carbons (Fsp3) is 0.636. The van der Waals surface area contributed by atoms with Crippen LogP contribution in [-0.4, -0.2) is 62.4 Å². The van der Waals surface area contributed by atoms with E-state index in [1.54, 1.807) is 0 Å². The molecule has 0 aromatic heterocycles. The summed E-state index contributed by atoms with van der Waals surface area (Å²) in [7, 11) is 2.04. The Hall–Kier alpha value is -2.28. The Morgan fingerprint density at radius 2 is 2.07 bits per heavy atom. The fourth-order valence-corrected chi connectivity index (χ4v) is 3.22. The van der Waals surface area contributed by atoms with Gasteiger partial charge in [-0.2, -0.15) is 0 Å². The van der Waals surface area contributed by atoms with Crippen LogP contribution in [0.4, 0.5) is 4.79 Å². The highest BCUT2D eigenvalue weighted by atomic mass is 16.6. The summed E-state index contributed by atoms with van der Waals surface area (Å²) in [6.45, 7) is 11.3. The van der Waals surface area contributed by atoms with Crippen LogP contribution < -0.4 is 10.6 Å². The number of amides is 1. The Labute approximate surface area is 174 Å². The van der Waals surface area contributed by atoms with Gasteiger partial charge in [0.05, 0.1) is 19.2 Å². The molecular weight excluding hydrogens is 368 g/mol. The summed E-state index contributed by atoms with van der Waals surface area (Å²) in [5.74, 6) is 1.35. The fourth-order valence-electron chi connectivity index (χ4n) is 3.22. The van der Waals surface area contributed by atoms with Crippen LogP contribution >= 0.6 is 0 Å². The van der Waals surface area contributed by atoms with Crippen LogP contribution in [0.3, 0.4) is 0 Å². The number of benzene rings is 1. The van der Waals surface area contributed by atoms with Gasteiger partial charge in [-0.25, -0.2) is 4.79 Å². The summed E-state index contributed by atoms with van der Waals surface area (Å²) in [5, 5.41) is 6.31. The third-order valence-electron chi connectivity index (χ3n) is 4.57. The number of aliphatic imine (C=N–C) groups is 1. The largest absolute Gasteiger partial charge is 0.444 e. The second kappa shape index (κ2) is 11.0. The molecule has 0 spiro atoms. The summed E-state index contributed by atoms with van der Waals surface area (Å²) < 4.78 is 10.9. The summed E-state index contributed by atoms with van der Waals surface area (Å²) >= 11 is 0. The van der Waals surface area contributed by atoms with E-state index in [0.717, 1.165) is 44.2 Å². The third-order valence-corrected chi connectivity index (χ3v) is 4.57. The van der Waals surface area contributed by atoms with Crippen molar-refractivity contribution in [3.63, 3.8) is 0 Å². The monoisotopic (exact) mass is 404 g/mol. The molecule has 2 atom stereocenters. The Balaban J connectivity index is 2.10. The summed E-state index contributed by atoms with van der Waals surface area (Å²) in [4.78, 5) is 19.3. The average molecular weight is 405 g/mol. The third kappa shape index (κ3) is 8.31. The van der Waals surface area contributed by atoms with Gasteiger partial charge in [-0.15, -0.1) is 0 Å². The van der Waals surface area contributed by atoms with E-state index >= 15 is 0 Å². The molecule has 1 aromatic rings. The lowest BCUT2D eigenvalue weighted by Crippen LogP contribution is -2.42. The zero-order valence-electron chi connectivity index (χ0n) is 18.4. The van der Waals surface area contributed by atoms with Crippen molar-refractivity contribution in [2.75, 3.05) is 39.9 Å². The molecule has 1 saturated heterocycles. The minimum atomic E-state index is -0.549. The van der Waals surface area contributed by atoms with Crippen molar-refractivity contribution < 1.29 is 14.3 Å². The molecule has 2 N–H and O–H groups in total. The lowest BCUT2D eigenvalue weighted by molar-refractivity contribution is 0.0505. The average Bonchev–Trinajstić information content (AvgIpc) is 3.16. The van der Waals surface area contributed by atoms with Gasteiger partial charge in [-0.05, 0) is 39.7 Å². The second-order valence-corrected chi connectivity index (χ2v) is 8.41. The summed E-state index contributed by atoms with van der Waals surface area (Å²) in [5.41, 5.74) is 0.442. The van der Waals surface area contributed by atoms with Crippen LogP contribution in [-0.2, 0) is 9.47 Å². The van der Waals surface area contributed by atoms with Crippen molar-refractivity contribution in [3.8, 4) is 0 Å². The molecule has 1 fully saturated rings. The van der Waals surface area contributed by atoms with Crippen molar-refractivity contribution in [1.29, 1.82) is 0 Å². The van der Waals surface area contributed by atoms with E-state index in [-0.39, 0.29) is 6.04 Å². The Bertz CT molecular complexity index is 652. The topological polar surface area (TPSA) is 75.2 Å². The zero-order chi connectivity index (χ0) is 21.3. The second-order valence-electron chi connectivity index (χ2n) is 8.41. The maximum atomic E-state index is 12.4. The van der Waals surface area contributed by atoms with Crippen molar-refractivity contribution in [1.82, 2.24) is 15.5 Å². The first kappa shape index (κ1) is 23.0. The lowest BCUT2D eigenvalue weighted by Gasteiger charge is -2.26. The number of nitrogens with one attached hydrogen (secondary N) is 2. The molecule has 7 nitrogen and oxygen atoms in total. The van der Waals surface area contributed by atoms with Gasteiger partial charge in [-0.1, -0.05) is 30.3 Å². The first-order valence-electron chi connectivity index (χ1n) is 10.4. The highest BCUT2D eigenvalue weighted by Gasteiger charge is 2.22. The lowest BCUT2D eigenvalue weighted by atomic mass is 10.1. The standard InChI is InChI=1S/C22H36N4O3/c1-6-23-20(26(5)15-17-12-13-28-16-17)24-14-19(18-10-8-7-9-11-18)25-21(27)29-22(2,3)4/h7-11,17,19H,6,12-16H2,1-5H3,(H,23,24)(H,25,27). The molecule has 1 aliphatic rings. The van der Waals surface area contributed by atoms with E-state index in [1.165, 1.54) is 0 Å². The molecule has 0 radical (unpaired) electrons. The van der Waals surface area contributed by atoms with Crippen molar-refractivity contribution >= 4 is 12.1 Å². The minimum Gasteiger partial charge on any atom is -0.444 e. The quantitative estimate of drug-likeness (QED) is 0.539. The molecule has 1 aromatic carbocycles. The van der Waals surface area contributed by atoms with E-state index in [0.29, 0.717) is 12.5 Å². The van der Waals surface area contributed by atoms with Gasteiger partial charge in [0.25, 0.3) is 0 Å². The number of rotatable bonds is 7. The van der Waals surface area contributed by atoms with Crippen LogP contribution in [0.2, 0.25) is 0 Å². The Morgan fingerprint density at radius 1 is 1.34 bits per heavy atom. The van der Waals surface area contributed by atoms with E-state index in [4.69, 9.17) is 14.5 Å². The molecule has 29 heavy (non-hydrogen) atoms. The molecule has 2 rings (SSSR count). The smallest absolute Gasteiger partial charge is 0.408 e. The number of hydrogen-bond acceptors (Lipinski definition) is 4. The van der Waals surface area contributed by atoms with Gasteiger partial charge < -0.3 is 25.0 Å². The molecule has 1 amide bonds. The Morgan fingerprint density at radius 3 is 2.66 bits per heavy atom. The number of carbonyl (C=O) groups excluding carboxylic acids is 1. The number of carbonyl (C=O) groups is 1. The van der Waals surface area contributed by atoms with Crippen LogP contribution in [0.25, 0.3) is 0 Å². The number of alkyl carbamates (subject to hydrolysis) is 1. The number of nitrogens with zero attached hydrogens (tertiary/aromatic N) is 2. The minimum absolute atomic E-state index is 0.275. The molecular formula is C22H36N4O3. The molecule has 7 heteroatoms. The normalized spacial score (nSPS) is 18.2. The number of hydrogen-bond donors (Lipinski definition) is 2. The molecule has 0 saturated carbocycles. The van der Waals surface area contributed by atoms with Crippen molar-refractivity contribution in [2.45, 2.75) is 45.8 Å². The number of ether oxygens (including phenoxy) is 2. The SMILES string of the molecule is CCNC(=NCC(NC(=O)OC(C)(C)C)c1ccccc1)N(C)CC1CCOC1. The van der Waals surface area contributed by atoms with Gasteiger partial charge in [0.15, 0.2) is 5.96 Å². The molecule has 2 unspecified atom stereocenters. The molecule has 162 valence electrons. The van der Waals surface area contributed by atoms with E-state index < -0.39 is 11.7 Å². The molecule has 1 aliphatic heterocycles. The first-order chi connectivity index (χ1) is 13.8. The summed E-state index contributed by atoms with van der Waals surface area (Å²) in [6, 6.07) is 9.58. The zero-order valence-corrected chi connectivity index (χ0v) is 18.4. The van der Waals surface area contributed by atoms with E-state index in [9.17, 15) is 4.79 Å². The van der Waals surface area contributed by atoms with E-state index in [1.807, 2.05) is 58.2 Å². The predicted octanol–water partition coefficient (Wildman–Crippen LogP) is 3.19. The highest BCUT2D eigenvalue weighted by Crippen LogP contribution is 2.16.